The summed E-state index contributed by atoms with van der Waals surface area (Å²) in [5, 5.41) is 9.87. The van der Waals surface area contributed by atoms with Gasteiger partial charge in [-0.1, -0.05) is 45.0 Å². The van der Waals surface area contributed by atoms with Crippen molar-refractivity contribution in [3.8, 4) is 11.8 Å². The van der Waals surface area contributed by atoms with Gasteiger partial charge in [-0.05, 0) is 47.7 Å². The van der Waals surface area contributed by atoms with E-state index in [0.717, 1.165) is 11.1 Å². The van der Waals surface area contributed by atoms with Crippen LogP contribution in [-0.4, -0.2) is 19.7 Å². The number of esters is 1. The van der Waals surface area contributed by atoms with Crippen LogP contribution < -0.4 is 10.5 Å². The molecule has 6 nitrogen and oxygen atoms in total. The fourth-order valence-electron chi connectivity index (χ4n) is 3.64. The predicted molar refractivity (Wildman–Crippen MR) is 122 cm³/mol. The molecule has 32 heavy (non-hydrogen) atoms. The summed E-state index contributed by atoms with van der Waals surface area (Å²) >= 11 is 0. The summed E-state index contributed by atoms with van der Waals surface area (Å²) in [5.74, 6) is -0.357. The van der Waals surface area contributed by atoms with Gasteiger partial charge >= 0.3 is 5.97 Å². The minimum absolute atomic E-state index is 0.0312. The fraction of sp³-hybridized carbons (Fsp3) is 0.308. The lowest BCUT2D eigenvalue weighted by molar-refractivity contribution is -0.138. The Balaban J connectivity index is 2.22. The molecule has 6 heteroatoms. The zero-order chi connectivity index (χ0) is 23.5. The standard InChI is InChI=1S/C26H28N2O4/c1-6-31-25(29)22-21(16-7-11-18(12-8-16)26(2,3)4)20(15-27)24(28)32-23(22)17-9-13-19(30-5)14-10-17/h7-14,21H,6,28H2,1-5H3. The highest BCUT2D eigenvalue weighted by molar-refractivity contribution is 5.99. The second kappa shape index (κ2) is 9.19. The molecule has 0 bridgehead atoms. The van der Waals surface area contributed by atoms with Gasteiger partial charge in [0.25, 0.3) is 0 Å². The van der Waals surface area contributed by atoms with Crippen LogP contribution in [0.1, 0.15) is 50.3 Å². The maximum atomic E-state index is 13.1. The lowest BCUT2D eigenvalue weighted by atomic mass is 9.80. The molecule has 0 saturated heterocycles. The number of rotatable bonds is 5. The van der Waals surface area contributed by atoms with E-state index in [1.807, 2.05) is 24.3 Å². The number of benzene rings is 2. The normalized spacial score (nSPS) is 16.3. The van der Waals surface area contributed by atoms with Crippen molar-refractivity contribution in [2.24, 2.45) is 5.73 Å². The van der Waals surface area contributed by atoms with Crippen molar-refractivity contribution in [3.05, 3.63) is 82.3 Å². The summed E-state index contributed by atoms with van der Waals surface area (Å²) in [6.07, 6.45) is 0. The van der Waals surface area contributed by atoms with Gasteiger partial charge < -0.3 is 19.9 Å². The monoisotopic (exact) mass is 432 g/mol. The Morgan fingerprint density at radius 3 is 2.25 bits per heavy atom. The molecule has 1 heterocycles. The van der Waals surface area contributed by atoms with E-state index in [2.05, 4.69) is 26.8 Å². The molecule has 3 rings (SSSR count). The second-order valence-electron chi connectivity index (χ2n) is 8.49. The maximum Gasteiger partial charge on any atom is 0.338 e. The summed E-state index contributed by atoms with van der Waals surface area (Å²) in [4.78, 5) is 13.1. The number of carbonyl (C=O) groups is 1. The average Bonchev–Trinajstić information content (AvgIpc) is 2.78. The molecular weight excluding hydrogens is 404 g/mol. The summed E-state index contributed by atoms with van der Waals surface area (Å²) in [5.41, 5.74) is 9.07. The van der Waals surface area contributed by atoms with Crippen LogP contribution in [0.2, 0.25) is 0 Å². The number of nitrogens with zero attached hydrogens (tertiary/aromatic N) is 1. The summed E-state index contributed by atoms with van der Waals surface area (Å²) in [7, 11) is 1.58. The van der Waals surface area contributed by atoms with Gasteiger partial charge in [0, 0.05) is 5.56 Å². The number of carbonyl (C=O) groups excluding carboxylic acids is 1. The topological polar surface area (TPSA) is 94.6 Å². The number of ether oxygens (including phenoxy) is 3. The molecule has 0 spiro atoms. The van der Waals surface area contributed by atoms with E-state index >= 15 is 0 Å². The SMILES string of the molecule is CCOC(=O)C1=C(c2ccc(OC)cc2)OC(N)=C(C#N)C1c1ccc(C(C)(C)C)cc1. The van der Waals surface area contributed by atoms with Gasteiger partial charge in [-0.25, -0.2) is 4.79 Å². The molecule has 2 N–H and O–H groups in total. The van der Waals surface area contributed by atoms with Gasteiger partial charge in [-0.15, -0.1) is 0 Å². The van der Waals surface area contributed by atoms with Crippen molar-refractivity contribution in [2.75, 3.05) is 13.7 Å². The molecule has 0 fully saturated rings. The van der Waals surface area contributed by atoms with E-state index < -0.39 is 11.9 Å². The average molecular weight is 433 g/mol. The Labute approximate surface area is 188 Å². The van der Waals surface area contributed by atoms with Gasteiger partial charge in [-0.3, -0.25) is 0 Å². The molecule has 0 aromatic heterocycles. The summed E-state index contributed by atoms with van der Waals surface area (Å²) < 4.78 is 16.4. The maximum absolute atomic E-state index is 13.1. The molecule has 1 unspecified atom stereocenters. The van der Waals surface area contributed by atoms with Crippen LogP contribution in [-0.2, 0) is 19.7 Å². The summed E-state index contributed by atoms with van der Waals surface area (Å²) in [6.45, 7) is 8.30. The Kier molecular flexibility index (Phi) is 6.59. The van der Waals surface area contributed by atoms with Crippen LogP contribution in [0, 0.1) is 11.3 Å². The molecule has 1 aliphatic rings. The summed E-state index contributed by atoms with van der Waals surface area (Å²) in [6, 6.07) is 17.1. The number of methoxy groups -OCH3 is 1. The highest BCUT2D eigenvalue weighted by Crippen LogP contribution is 2.43. The van der Waals surface area contributed by atoms with E-state index in [-0.39, 0.29) is 34.8 Å². The first kappa shape index (κ1) is 23.0. The molecule has 0 saturated carbocycles. The Hall–Kier alpha value is -3.72. The van der Waals surface area contributed by atoms with Crippen molar-refractivity contribution in [1.29, 1.82) is 5.26 Å². The Morgan fingerprint density at radius 2 is 1.75 bits per heavy atom. The second-order valence-corrected chi connectivity index (χ2v) is 8.49. The minimum atomic E-state index is -0.709. The van der Waals surface area contributed by atoms with Crippen molar-refractivity contribution < 1.29 is 19.0 Å². The van der Waals surface area contributed by atoms with Crippen LogP contribution >= 0.6 is 0 Å². The van der Waals surface area contributed by atoms with Gasteiger partial charge in [0.1, 0.15) is 23.2 Å². The third-order valence-electron chi connectivity index (χ3n) is 5.38. The minimum Gasteiger partial charge on any atom is -0.497 e. The third-order valence-corrected chi connectivity index (χ3v) is 5.38. The van der Waals surface area contributed by atoms with Gasteiger partial charge in [0.15, 0.2) is 0 Å². The Morgan fingerprint density at radius 1 is 1.12 bits per heavy atom. The lowest BCUT2D eigenvalue weighted by Gasteiger charge is -2.29. The zero-order valence-electron chi connectivity index (χ0n) is 19.1. The van der Waals surface area contributed by atoms with Gasteiger partial charge in [0.2, 0.25) is 5.88 Å². The molecule has 0 amide bonds. The third kappa shape index (κ3) is 4.47. The number of hydrogen-bond donors (Lipinski definition) is 1. The first-order valence-electron chi connectivity index (χ1n) is 10.4. The number of allylic oxidation sites excluding steroid dienone is 1. The van der Waals surface area contributed by atoms with Crippen molar-refractivity contribution >= 4 is 11.7 Å². The van der Waals surface area contributed by atoms with Crippen LogP contribution in [0.3, 0.4) is 0 Å². The zero-order valence-corrected chi connectivity index (χ0v) is 19.1. The predicted octanol–water partition coefficient (Wildman–Crippen LogP) is 4.77. The highest BCUT2D eigenvalue weighted by Gasteiger charge is 2.38. The van der Waals surface area contributed by atoms with Crippen molar-refractivity contribution in [1.82, 2.24) is 0 Å². The molecular formula is C26H28N2O4. The molecule has 1 atom stereocenters. The van der Waals surface area contributed by atoms with Crippen LogP contribution in [0.15, 0.2) is 65.6 Å². The molecule has 0 radical (unpaired) electrons. The number of nitrogens with two attached hydrogens (primary N) is 1. The van der Waals surface area contributed by atoms with Crippen LogP contribution in [0.5, 0.6) is 5.75 Å². The molecule has 2 aromatic carbocycles. The smallest absolute Gasteiger partial charge is 0.338 e. The van der Waals surface area contributed by atoms with E-state index in [0.29, 0.717) is 11.3 Å². The largest absolute Gasteiger partial charge is 0.497 e. The highest BCUT2D eigenvalue weighted by atomic mass is 16.5. The number of nitriles is 1. The van der Waals surface area contributed by atoms with E-state index in [1.165, 1.54) is 0 Å². The van der Waals surface area contributed by atoms with Crippen molar-refractivity contribution in [2.45, 2.75) is 39.0 Å². The number of hydrogen-bond acceptors (Lipinski definition) is 6. The molecule has 166 valence electrons. The molecule has 1 aliphatic heterocycles. The quantitative estimate of drug-likeness (QED) is 0.684. The van der Waals surface area contributed by atoms with Gasteiger partial charge in [-0.2, -0.15) is 5.26 Å². The Bertz CT molecular complexity index is 1100. The molecule has 2 aromatic rings. The van der Waals surface area contributed by atoms with E-state index in [4.69, 9.17) is 19.9 Å². The first-order valence-corrected chi connectivity index (χ1v) is 10.4. The lowest BCUT2D eigenvalue weighted by Crippen LogP contribution is -2.26. The van der Waals surface area contributed by atoms with Gasteiger partial charge in [0.05, 0.1) is 25.2 Å². The molecule has 0 aliphatic carbocycles. The fourth-order valence-corrected chi connectivity index (χ4v) is 3.64. The van der Waals surface area contributed by atoms with E-state index in [9.17, 15) is 10.1 Å². The van der Waals surface area contributed by atoms with Crippen molar-refractivity contribution in [3.63, 3.8) is 0 Å². The van der Waals surface area contributed by atoms with Crippen LogP contribution in [0.4, 0.5) is 0 Å². The van der Waals surface area contributed by atoms with E-state index in [1.54, 1.807) is 38.3 Å². The van der Waals surface area contributed by atoms with Crippen LogP contribution in [0.25, 0.3) is 5.76 Å². The first-order chi connectivity index (χ1) is 15.2.